The molecule has 0 spiro atoms. The molecule has 0 N–H and O–H groups in total. The number of thiol groups is 1. The van der Waals surface area contributed by atoms with Gasteiger partial charge >= 0.3 is 0 Å². The second kappa shape index (κ2) is 2.75. The van der Waals surface area contributed by atoms with Crippen molar-refractivity contribution < 1.29 is 0 Å². The molecule has 1 saturated heterocycles. The predicted molar refractivity (Wildman–Crippen MR) is 48.5 cm³/mol. The summed E-state index contributed by atoms with van der Waals surface area (Å²) >= 11 is 6.36. The smallest absolute Gasteiger partial charge is 0.0107 e. The molecule has 2 heteroatoms. The van der Waals surface area contributed by atoms with Crippen LogP contribution in [0.15, 0.2) is 0 Å². The Morgan fingerprint density at radius 3 is 2.56 bits per heavy atom. The van der Waals surface area contributed by atoms with Crippen LogP contribution in [0.4, 0.5) is 0 Å². The van der Waals surface area contributed by atoms with E-state index in [1.165, 1.54) is 12.2 Å². The predicted octanol–water partition coefficient (Wildman–Crippen LogP) is 2.45. The van der Waals surface area contributed by atoms with Gasteiger partial charge in [-0.05, 0) is 23.8 Å². The number of hydrogen-bond donors (Lipinski definition) is 1. The molecule has 0 aromatic heterocycles. The largest absolute Gasteiger partial charge is 0.179 e. The SMILES string of the molecule is CC1(C)CC(CS)CS1. The van der Waals surface area contributed by atoms with E-state index in [0.717, 1.165) is 11.7 Å². The molecule has 1 aliphatic heterocycles. The van der Waals surface area contributed by atoms with Crippen LogP contribution >= 0.6 is 24.4 Å². The van der Waals surface area contributed by atoms with Gasteiger partial charge in [-0.2, -0.15) is 24.4 Å². The zero-order chi connectivity index (χ0) is 6.91. The average Bonchev–Trinajstić information content (AvgIpc) is 2.10. The molecule has 54 valence electrons. The lowest BCUT2D eigenvalue weighted by Gasteiger charge is -2.14. The topological polar surface area (TPSA) is 0 Å². The summed E-state index contributed by atoms with van der Waals surface area (Å²) in [5.74, 6) is 3.25. The standard InChI is InChI=1S/C7H14S2/c1-7(2)3-6(4-8)5-9-7/h6,8H,3-5H2,1-2H3. The van der Waals surface area contributed by atoms with Crippen molar-refractivity contribution in [2.75, 3.05) is 11.5 Å². The maximum absolute atomic E-state index is 4.28. The molecule has 0 nitrogen and oxygen atoms in total. The van der Waals surface area contributed by atoms with Gasteiger partial charge in [0.15, 0.2) is 0 Å². The highest BCUT2D eigenvalue weighted by atomic mass is 32.2. The minimum atomic E-state index is 0.535. The molecule has 0 aromatic rings. The van der Waals surface area contributed by atoms with Crippen LogP contribution in [0.25, 0.3) is 0 Å². The Balaban J connectivity index is 2.38. The van der Waals surface area contributed by atoms with Crippen LogP contribution < -0.4 is 0 Å². The Bertz CT molecular complexity index is 99.1. The van der Waals surface area contributed by atoms with Gasteiger partial charge in [0.25, 0.3) is 0 Å². The Morgan fingerprint density at radius 2 is 2.33 bits per heavy atom. The van der Waals surface area contributed by atoms with Crippen LogP contribution in [0.5, 0.6) is 0 Å². The van der Waals surface area contributed by atoms with Gasteiger partial charge in [-0.3, -0.25) is 0 Å². The molecule has 1 aliphatic rings. The van der Waals surface area contributed by atoms with E-state index in [1.807, 2.05) is 0 Å². The van der Waals surface area contributed by atoms with Gasteiger partial charge in [-0.25, -0.2) is 0 Å². The molecule has 0 bridgehead atoms. The van der Waals surface area contributed by atoms with Gasteiger partial charge < -0.3 is 0 Å². The average molecular weight is 162 g/mol. The van der Waals surface area contributed by atoms with Crippen LogP contribution in [-0.4, -0.2) is 16.3 Å². The molecule has 0 radical (unpaired) electrons. The van der Waals surface area contributed by atoms with Gasteiger partial charge in [0.1, 0.15) is 0 Å². The third kappa shape index (κ3) is 2.08. The Hall–Kier alpha value is 0.700. The third-order valence-corrected chi connectivity index (χ3v) is 3.85. The van der Waals surface area contributed by atoms with Gasteiger partial charge in [0.2, 0.25) is 0 Å². The Labute approximate surface area is 67.2 Å². The molecular weight excluding hydrogens is 148 g/mol. The fourth-order valence-electron chi connectivity index (χ4n) is 1.27. The summed E-state index contributed by atoms with van der Waals surface area (Å²) in [6.07, 6.45) is 1.35. The fourth-order valence-corrected chi connectivity index (χ4v) is 2.98. The molecule has 0 aromatic carbocycles. The fraction of sp³-hybridized carbons (Fsp3) is 1.00. The van der Waals surface area contributed by atoms with Gasteiger partial charge in [0, 0.05) is 4.75 Å². The normalized spacial score (nSPS) is 33.0. The van der Waals surface area contributed by atoms with E-state index >= 15 is 0 Å². The summed E-state index contributed by atoms with van der Waals surface area (Å²) in [6, 6.07) is 0. The summed E-state index contributed by atoms with van der Waals surface area (Å²) in [4.78, 5) is 0. The number of rotatable bonds is 1. The second-order valence-corrected chi connectivity index (χ2v) is 5.42. The van der Waals surface area contributed by atoms with Crippen molar-refractivity contribution in [3.63, 3.8) is 0 Å². The van der Waals surface area contributed by atoms with Crippen molar-refractivity contribution in [1.82, 2.24) is 0 Å². The molecule has 1 unspecified atom stereocenters. The maximum Gasteiger partial charge on any atom is 0.0107 e. The van der Waals surface area contributed by atoms with Crippen molar-refractivity contribution in [1.29, 1.82) is 0 Å². The summed E-state index contributed by atoms with van der Waals surface area (Å²) < 4.78 is 0.535. The molecule has 9 heavy (non-hydrogen) atoms. The molecular formula is C7H14S2. The highest BCUT2D eigenvalue weighted by Crippen LogP contribution is 2.40. The highest BCUT2D eigenvalue weighted by Gasteiger charge is 2.30. The molecule has 1 fully saturated rings. The zero-order valence-corrected chi connectivity index (χ0v) is 7.77. The second-order valence-electron chi connectivity index (χ2n) is 3.32. The third-order valence-electron chi connectivity index (χ3n) is 1.75. The van der Waals surface area contributed by atoms with Crippen molar-refractivity contribution in [3.05, 3.63) is 0 Å². The van der Waals surface area contributed by atoms with E-state index < -0.39 is 0 Å². The monoisotopic (exact) mass is 162 g/mol. The summed E-state index contributed by atoms with van der Waals surface area (Å²) in [5, 5.41) is 0. The van der Waals surface area contributed by atoms with E-state index in [-0.39, 0.29) is 0 Å². The summed E-state index contributed by atoms with van der Waals surface area (Å²) in [7, 11) is 0. The Morgan fingerprint density at radius 1 is 1.67 bits per heavy atom. The first kappa shape index (κ1) is 7.80. The molecule has 1 rings (SSSR count). The molecule has 0 amide bonds. The molecule has 1 heterocycles. The van der Waals surface area contributed by atoms with Crippen LogP contribution in [0.3, 0.4) is 0 Å². The van der Waals surface area contributed by atoms with Crippen molar-refractivity contribution in [3.8, 4) is 0 Å². The van der Waals surface area contributed by atoms with E-state index in [4.69, 9.17) is 0 Å². The minimum absolute atomic E-state index is 0.535. The van der Waals surface area contributed by atoms with Gasteiger partial charge in [-0.1, -0.05) is 13.8 Å². The van der Waals surface area contributed by atoms with E-state index in [9.17, 15) is 0 Å². The first-order valence-corrected chi connectivity index (χ1v) is 5.01. The van der Waals surface area contributed by atoms with Crippen molar-refractivity contribution in [2.24, 2.45) is 5.92 Å². The van der Waals surface area contributed by atoms with Gasteiger partial charge in [0.05, 0.1) is 0 Å². The number of hydrogen-bond acceptors (Lipinski definition) is 2. The van der Waals surface area contributed by atoms with Crippen molar-refractivity contribution in [2.45, 2.75) is 25.0 Å². The summed E-state index contributed by atoms with van der Waals surface area (Å²) in [5.41, 5.74) is 0. The molecule has 0 aliphatic carbocycles. The van der Waals surface area contributed by atoms with E-state index in [2.05, 4.69) is 38.2 Å². The lowest BCUT2D eigenvalue weighted by molar-refractivity contribution is 0.552. The van der Waals surface area contributed by atoms with Crippen molar-refractivity contribution >= 4 is 24.4 Å². The van der Waals surface area contributed by atoms with Crippen LogP contribution in [0.2, 0.25) is 0 Å². The zero-order valence-electron chi connectivity index (χ0n) is 6.05. The highest BCUT2D eigenvalue weighted by molar-refractivity contribution is 8.00. The minimum Gasteiger partial charge on any atom is -0.179 e. The van der Waals surface area contributed by atoms with Gasteiger partial charge in [-0.15, -0.1) is 0 Å². The molecule has 0 saturated carbocycles. The summed E-state index contributed by atoms with van der Waals surface area (Å²) in [6.45, 7) is 4.64. The lowest BCUT2D eigenvalue weighted by atomic mass is 10.0. The van der Waals surface area contributed by atoms with E-state index in [0.29, 0.717) is 4.75 Å². The van der Waals surface area contributed by atoms with Crippen LogP contribution in [0.1, 0.15) is 20.3 Å². The van der Waals surface area contributed by atoms with Crippen LogP contribution in [-0.2, 0) is 0 Å². The number of thioether (sulfide) groups is 1. The van der Waals surface area contributed by atoms with E-state index in [1.54, 1.807) is 0 Å². The van der Waals surface area contributed by atoms with Crippen LogP contribution in [0, 0.1) is 5.92 Å². The maximum atomic E-state index is 4.28. The first-order chi connectivity index (χ1) is 4.14. The quantitative estimate of drug-likeness (QED) is 0.578. The molecule has 1 atom stereocenters. The Kier molecular flexibility index (Phi) is 2.38. The first-order valence-electron chi connectivity index (χ1n) is 3.39. The lowest BCUT2D eigenvalue weighted by Crippen LogP contribution is -2.11.